The second kappa shape index (κ2) is 7.98. The molecule has 1 heteroatoms. The predicted octanol–water partition coefficient (Wildman–Crippen LogP) is 5.30. The topological polar surface area (TPSA) is 3.24 Å². The highest BCUT2D eigenvalue weighted by molar-refractivity contribution is 5.18. The van der Waals surface area contributed by atoms with Crippen molar-refractivity contribution in [3.8, 4) is 0 Å². The Morgan fingerprint density at radius 1 is 1.00 bits per heavy atom. The minimum absolute atomic E-state index is 0.312. The predicted molar refractivity (Wildman–Crippen MR) is 92.7 cm³/mol. The number of hydrogen-bond donors (Lipinski definition) is 0. The van der Waals surface area contributed by atoms with Gasteiger partial charge in [0.2, 0.25) is 0 Å². The summed E-state index contributed by atoms with van der Waals surface area (Å²) in [4.78, 5) is 2.69. The van der Waals surface area contributed by atoms with Gasteiger partial charge < -0.3 is 0 Å². The third-order valence-electron chi connectivity index (χ3n) is 5.41. The first-order valence-corrected chi connectivity index (χ1v) is 8.97. The van der Waals surface area contributed by atoms with E-state index in [1.807, 2.05) is 0 Å². The van der Waals surface area contributed by atoms with Gasteiger partial charge in [0, 0.05) is 5.54 Å². The van der Waals surface area contributed by atoms with E-state index in [9.17, 15) is 0 Å². The van der Waals surface area contributed by atoms with Gasteiger partial charge >= 0.3 is 0 Å². The SMILES string of the molecule is CCN(CC)C(C)(Cc1ccccc1)CC1CCCCC1. The highest BCUT2D eigenvalue weighted by Crippen LogP contribution is 2.35. The van der Waals surface area contributed by atoms with E-state index in [0.717, 1.165) is 19.0 Å². The summed E-state index contributed by atoms with van der Waals surface area (Å²) in [5, 5.41) is 0. The lowest BCUT2D eigenvalue weighted by Gasteiger charge is -2.43. The maximum Gasteiger partial charge on any atom is 0.0224 e. The Morgan fingerprint density at radius 2 is 1.62 bits per heavy atom. The van der Waals surface area contributed by atoms with E-state index in [1.54, 1.807) is 0 Å². The molecule has 1 aromatic carbocycles. The number of rotatable bonds is 7. The van der Waals surface area contributed by atoms with Crippen LogP contribution in [0.2, 0.25) is 0 Å². The molecule has 0 N–H and O–H groups in total. The van der Waals surface area contributed by atoms with Crippen molar-refractivity contribution in [3.63, 3.8) is 0 Å². The summed E-state index contributed by atoms with van der Waals surface area (Å²) in [6.07, 6.45) is 9.80. The first-order chi connectivity index (χ1) is 10.2. The molecule has 0 aliphatic heterocycles. The van der Waals surface area contributed by atoms with E-state index >= 15 is 0 Å². The third-order valence-corrected chi connectivity index (χ3v) is 5.41. The number of nitrogens with zero attached hydrogens (tertiary/aromatic N) is 1. The molecule has 0 saturated heterocycles. The zero-order valence-corrected chi connectivity index (χ0v) is 14.3. The van der Waals surface area contributed by atoms with Gasteiger partial charge in [-0.25, -0.2) is 0 Å². The molecule has 1 aromatic rings. The summed E-state index contributed by atoms with van der Waals surface area (Å²) in [6, 6.07) is 11.1. The monoisotopic (exact) mass is 287 g/mol. The molecule has 21 heavy (non-hydrogen) atoms. The summed E-state index contributed by atoms with van der Waals surface area (Å²) >= 11 is 0. The van der Waals surface area contributed by atoms with Crippen LogP contribution in [0.5, 0.6) is 0 Å². The van der Waals surface area contributed by atoms with Gasteiger partial charge in [-0.15, -0.1) is 0 Å². The van der Waals surface area contributed by atoms with Gasteiger partial charge in [-0.3, -0.25) is 4.90 Å². The fourth-order valence-corrected chi connectivity index (χ4v) is 4.35. The van der Waals surface area contributed by atoms with E-state index in [0.29, 0.717) is 5.54 Å². The zero-order chi connectivity index (χ0) is 15.1. The van der Waals surface area contributed by atoms with Crippen LogP contribution in [0.4, 0.5) is 0 Å². The number of likely N-dealkylation sites (N-methyl/N-ethyl adjacent to an activating group) is 1. The van der Waals surface area contributed by atoms with Gasteiger partial charge in [0.25, 0.3) is 0 Å². The lowest BCUT2D eigenvalue weighted by atomic mass is 9.76. The maximum atomic E-state index is 2.69. The molecule has 1 atom stereocenters. The van der Waals surface area contributed by atoms with Crippen LogP contribution < -0.4 is 0 Å². The van der Waals surface area contributed by atoms with Crippen LogP contribution in [0.1, 0.15) is 64.9 Å². The van der Waals surface area contributed by atoms with Gasteiger partial charge in [-0.1, -0.05) is 76.3 Å². The van der Waals surface area contributed by atoms with Crippen LogP contribution in [0, 0.1) is 5.92 Å². The molecule has 0 amide bonds. The molecule has 2 rings (SSSR count). The summed E-state index contributed by atoms with van der Waals surface area (Å²) < 4.78 is 0. The summed E-state index contributed by atoms with van der Waals surface area (Å²) in [5.74, 6) is 0.938. The molecule has 1 fully saturated rings. The van der Waals surface area contributed by atoms with Crippen LogP contribution in [0.25, 0.3) is 0 Å². The number of hydrogen-bond acceptors (Lipinski definition) is 1. The second-order valence-electron chi connectivity index (χ2n) is 7.04. The molecular formula is C20H33N. The van der Waals surface area contributed by atoms with E-state index in [1.165, 1.54) is 50.5 Å². The Morgan fingerprint density at radius 3 is 2.19 bits per heavy atom. The Kier molecular flexibility index (Phi) is 6.29. The van der Waals surface area contributed by atoms with Gasteiger partial charge in [-0.05, 0) is 44.3 Å². The summed E-state index contributed by atoms with van der Waals surface area (Å²) in [5.41, 5.74) is 1.80. The Hall–Kier alpha value is -0.820. The standard InChI is InChI=1S/C20H33N/c1-4-21(5-2)20(3,16-18-12-8-6-9-13-18)17-19-14-10-7-11-15-19/h6,8-9,12-13,19H,4-5,7,10-11,14-17H2,1-3H3. The molecule has 0 aromatic heterocycles. The molecule has 0 radical (unpaired) electrons. The molecule has 118 valence electrons. The van der Waals surface area contributed by atoms with Gasteiger partial charge in [0.15, 0.2) is 0 Å². The molecule has 1 nitrogen and oxygen atoms in total. The van der Waals surface area contributed by atoms with Crippen LogP contribution in [-0.2, 0) is 6.42 Å². The second-order valence-corrected chi connectivity index (χ2v) is 7.04. The fraction of sp³-hybridized carbons (Fsp3) is 0.700. The van der Waals surface area contributed by atoms with Gasteiger partial charge in [0.05, 0.1) is 0 Å². The van der Waals surface area contributed by atoms with Crippen LogP contribution in [0.15, 0.2) is 30.3 Å². The van der Waals surface area contributed by atoms with Crippen molar-refractivity contribution in [1.82, 2.24) is 4.90 Å². The molecule has 1 saturated carbocycles. The maximum absolute atomic E-state index is 2.69. The summed E-state index contributed by atoms with van der Waals surface area (Å²) in [6.45, 7) is 9.45. The molecule has 1 aliphatic rings. The average Bonchev–Trinajstić information content (AvgIpc) is 2.50. The average molecular weight is 287 g/mol. The molecule has 0 bridgehead atoms. The van der Waals surface area contributed by atoms with E-state index in [2.05, 4.69) is 56.0 Å². The Balaban J connectivity index is 2.12. The highest BCUT2D eigenvalue weighted by atomic mass is 15.2. The molecular weight excluding hydrogens is 254 g/mol. The fourth-order valence-electron chi connectivity index (χ4n) is 4.35. The zero-order valence-electron chi connectivity index (χ0n) is 14.3. The number of benzene rings is 1. The van der Waals surface area contributed by atoms with Crippen molar-refractivity contribution in [3.05, 3.63) is 35.9 Å². The van der Waals surface area contributed by atoms with Crippen LogP contribution >= 0.6 is 0 Å². The lowest BCUT2D eigenvalue weighted by Crippen LogP contribution is -2.49. The molecule has 0 heterocycles. The molecule has 1 aliphatic carbocycles. The minimum atomic E-state index is 0.312. The first-order valence-electron chi connectivity index (χ1n) is 8.97. The van der Waals surface area contributed by atoms with E-state index < -0.39 is 0 Å². The van der Waals surface area contributed by atoms with Gasteiger partial charge in [-0.2, -0.15) is 0 Å². The van der Waals surface area contributed by atoms with E-state index in [4.69, 9.17) is 0 Å². The van der Waals surface area contributed by atoms with Crippen molar-refractivity contribution >= 4 is 0 Å². The highest BCUT2D eigenvalue weighted by Gasteiger charge is 2.33. The van der Waals surface area contributed by atoms with Crippen LogP contribution in [-0.4, -0.2) is 23.5 Å². The van der Waals surface area contributed by atoms with Crippen molar-refractivity contribution < 1.29 is 0 Å². The molecule has 1 unspecified atom stereocenters. The van der Waals surface area contributed by atoms with E-state index in [-0.39, 0.29) is 0 Å². The Bertz CT molecular complexity index is 390. The largest absolute Gasteiger partial charge is 0.298 e. The van der Waals surface area contributed by atoms with Crippen LogP contribution in [0.3, 0.4) is 0 Å². The van der Waals surface area contributed by atoms with Crippen molar-refractivity contribution in [2.45, 2.75) is 71.3 Å². The van der Waals surface area contributed by atoms with Crippen molar-refractivity contribution in [2.75, 3.05) is 13.1 Å². The minimum Gasteiger partial charge on any atom is -0.298 e. The third kappa shape index (κ3) is 4.57. The first kappa shape index (κ1) is 16.5. The quantitative estimate of drug-likeness (QED) is 0.657. The normalized spacial score (nSPS) is 19.6. The van der Waals surface area contributed by atoms with Crippen molar-refractivity contribution in [2.24, 2.45) is 5.92 Å². The lowest BCUT2D eigenvalue weighted by molar-refractivity contribution is 0.0799. The van der Waals surface area contributed by atoms with Gasteiger partial charge in [0.1, 0.15) is 0 Å². The molecule has 0 spiro atoms. The Labute approximate surface area is 131 Å². The smallest absolute Gasteiger partial charge is 0.0224 e. The van der Waals surface area contributed by atoms with Crippen molar-refractivity contribution in [1.29, 1.82) is 0 Å². The summed E-state index contributed by atoms with van der Waals surface area (Å²) in [7, 11) is 0.